The highest BCUT2D eigenvalue weighted by Crippen LogP contribution is 2.29. The van der Waals surface area contributed by atoms with Gasteiger partial charge in [0.2, 0.25) is 0 Å². The van der Waals surface area contributed by atoms with Gasteiger partial charge in [-0.05, 0) is 44.7 Å². The Morgan fingerprint density at radius 1 is 1.32 bits per heavy atom. The van der Waals surface area contributed by atoms with Crippen molar-refractivity contribution in [3.8, 4) is 0 Å². The maximum absolute atomic E-state index is 12.3. The van der Waals surface area contributed by atoms with Crippen molar-refractivity contribution in [2.75, 3.05) is 6.61 Å². The molecular formula is C20H28N2O3. The molecule has 0 atom stereocenters. The van der Waals surface area contributed by atoms with Crippen LogP contribution in [0.4, 0.5) is 0 Å². The van der Waals surface area contributed by atoms with Gasteiger partial charge in [-0.1, -0.05) is 13.8 Å². The molecule has 0 saturated heterocycles. The van der Waals surface area contributed by atoms with Crippen LogP contribution in [-0.4, -0.2) is 27.9 Å². The third kappa shape index (κ3) is 4.09. The Morgan fingerprint density at radius 3 is 2.64 bits per heavy atom. The van der Waals surface area contributed by atoms with Crippen molar-refractivity contribution in [2.24, 2.45) is 5.92 Å². The number of hydrogen-bond acceptors (Lipinski definition) is 4. The van der Waals surface area contributed by atoms with Gasteiger partial charge in [0.15, 0.2) is 0 Å². The first-order chi connectivity index (χ1) is 12.1. The molecule has 2 heterocycles. The van der Waals surface area contributed by atoms with E-state index in [1.165, 1.54) is 0 Å². The number of ether oxygens (including phenoxy) is 1. The van der Waals surface area contributed by atoms with Gasteiger partial charge < -0.3 is 9.30 Å². The second-order valence-corrected chi connectivity index (χ2v) is 6.15. The average molecular weight is 344 g/mol. The summed E-state index contributed by atoms with van der Waals surface area (Å²) < 4.78 is 7.32. The molecule has 0 bridgehead atoms. The van der Waals surface area contributed by atoms with Crippen LogP contribution < -0.4 is 0 Å². The number of hydrogen-bond donors (Lipinski definition) is 0. The Bertz CT molecular complexity index is 739. The van der Waals surface area contributed by atoms with E-state index >= 15 is 0 Å². The SMILES string of the molecule is CC.CCOC(=O)c1c(C)n(CC2CCC(=O)CC2)c2ncccc12. The minimum atomic E-state index is -0.291. The molecule has 5 nitrogen and oxygen atoms in total. The number of fused-ring (bicyclic) bond motifs is 1. The van der Waals surface area contributed by atoms with Crippen LogP contribution in [0.2, 0.25) is 0 Å². The van der Waals surface area contributed by atoms with E-state index in [0.29, 0.717) is 36.7 Å². The molecule has 0 radical (unpaired) electrons. The average Bonchev–Trinajstić information content (AvgIpc) is 2.91. The normalized spacial score (nSPS) is 15.0. The molecule has 3 rings (SSSR count). The first-order valence-electron chi connectivity index (χ1n) is 9.24. The highest BCUT2D eigenvalue weighted by molar-refractivity contribution is 6.04. The summed E-state index contributed by atoms with van der Waals surface area (Å²) in [6, 6.07) is 3.76. The largest absolute Gasteiger partial charge is 0.462 e. The van der Waals surface area contributed by atoms with Crippen LogP contribution in [-0.2, 0) is 16.1 Å². The molecule has 0 unspecified atom stereocenters. The topological polar surface area (TPSA) is 61.2 Å². The van der Waals surface area contributed by atoms with Crippen molar-refractivity contribution in [1.82, 2.24) is 9.55 Å². The number of carbonyl (C=O) groups excluding carboxylic acids is 2. The number of carbonyl (C=O) groups is 2. The third-order valence-corrected chi connectivity index (χ3v) is 4.66. The lowest BCUT2D eigenvalue weighted by Crippen LogP contribution is -2.19. The zero-order valence-electron chi connectivity index (χ0n) is 15.7. The van der Waals surface area contributed by atoms with Crippen molar-refractivity contribution < 1.29 is 14.3 Å². The lowest BCUT2D eigenvalue weighted by molar-refractivity contribution is -0.121. The summed E-state index contributed by atoms with van der Waals surface area (Å²) in [5, 5.41) is 0.843. The maximum Gasteiger partial charge on any atom is 0.340 e. The summed E-state index contributed by atoms with van der Waals surface area (Å²) in [5.74, 6) is 0.528. The van der Waals surface area contributed by atoms with Crippen LogP contribution in [0, 0.1) is 12.8 Å². The van der Waals surface area contributed by atoms with Gasteiger partial charge in [0.25, 0.3) is 0 Å². The summed E-state index contributed by atoms with van der Waals surface area (Å²) in [6.07, 6.45) is 4.92. The summed E-state index contributed by atoms with van der Waals surface area (Å²) in [5.41, 5.74) is 2.33. The molecule has 2 aromatic rings. The fourth-order valence-corrected chi connectivity index (χ4v) is 3.42. The standard InChI is InChI=1S/C18H22N2O3.C2H6/c1-3-23-18(22)16-12(2)20(17-15(16)5-4-10-19-17)11-13-6-8-14(21)9-7-13;1-2/h4-5,10,13H,3,6-9,11H2,1-2H3;1-2H3. The van der Waals surface area contributed by atoms with E-state index in [1.807, 2.05) is 39.8 Å². The van der Waals surface area contributed by atoms with Crippen LogP contribution in [0.1, 0.15) is 62.5 Å². The molecule has 5 heteroatoms. The van der Waals surface area contributed by atoms with E-state index in [1.54, 1.807) is 6.20 Å². The lowest BCUT2D eigenvalue weighted by atomic mass is 9.88. The van der Waals surface area contributed by atoms with Crippen molar-refractivity contribution in [3.63, 3.8) is 0 Å². The van der Waals surface area contributed by atoms with Gasteiger partial charge in [-0.25, -0.2) is 9.78 Å². The first-order valence-corrected chi connectivity index (χ1v) is 9.24. The van der Waals surface area contributed by atoms with Gasteiger partial charge in [-0.2, -0.15) is 0 Å². The number of rotatable bonds is 4. The van der Waals surface area contributed by atoms with Crippen molar-refractivity contribution in [1.29, 1.82) is 0 Å². The Hall–Kier alpha value is -2.17. The van der Waals surface area contributed by atoms with E-state index in [0.717, 1.165) is 36.1 Å². The Balaban J connectivity index is 0.00000109. The third-order valence-electron chi connectivity index (χ3n) is 4.66. The van der Waals surface area contributed by atoms with Crippen LogP contribution in [0.3, 0.4) is 0 Å². The molecule has 0 amide bonds. The quantitative estimate of drug-likeness (QED) is 0.776. The molecule has 136 valence electrons. The molecule has 0 spiro atoms. The molecule has 0 N–H and O–H groups in total. The van der Waals surface area contributed by atoms with E-state index in [9.17, 15) is 9.59 Å². The highest BCUT2D eigenvalue weighted by atomic mass is 16.5. The van der Waals surface area contributed by atoms with Gasteiger partial charge in [-0.15, -0.1) is 0 Å². The predicted octanol–water partition coefficient (Wildman–Crippen LogP) is 4.31. The minimum Gasteiger partial charge on any atom is -0.462 e. The van der Waals surface area contributed by atoms with Crippen LogP contribution >= 0.6 is 0 Å². The molecule has 1 aliphatic rings. The highest BCUT2D eigenvalue weighted by Gasteiger charge is 2.25. The fourth-order valence-electron chi connectivity index (χ4n) is 3.42. The summed E-state index contributed by atoms with van der Waals surface area (Å²) in [7, 11) is 0. The van der Waals surface area contributed by atoms with E-state index in [4.69, 9.17) is 4.74 Å². The number of ketones is 1. The molecule has 1 aliphatic carbocycles. The van der Waals surface area contributed by atoms with Gasteiger partial charge in [0.1, 0.15) is 11.4 Å². The smallest absolute Gasteiger partial charge is 0.340 e. The molecule has 1 fully saturated rings. The first kappa shape index (κ1) is 19.2. The number of Topliss-reactive ketones (excluding diaryl/α,β-unsaturated/α-hetero) is 1. The van der Waals surface area contributed by atoms with Crippen molar-refractivity contribution >= 4 is 22.8 Å². The second kappa shape index (κ2) is 8.79. The lowest BCUT2D eigenvalue weighted by Gasteiger charge is -2.22. The Kier molecular flexibility index (Phi) is 6.73. The van der Waals surface area contributed by atoms with Crippen molar-refractivity contribution in [3.05, 3.63) is 29.6 Å². The van der Waals surface area contributed by atoms with Crippen LogP contribution in [0.25, 0.3) is 11.0 Å². The number of nitrogens with zero attached hydrogens (tertiary/aromatic N) is 2. The van der Waals surface area contributed by atoms with Crippen LogP contribution in [0.5, 0.6) is 0 Å². The Labute approximate surface area is 149 Å². The number of aromatic nitrogens is 2. The van der Waals surface area contributed by atoms with E-state index in [-0.39, 0.29) is 5.97 Å². The van der Waals surface area contributed by atoms with Gasteiger partial charge in [-0.3, -0.25) is 4.79 Å². The number of pyridine rings is 1. The van der Waals surface area contributed by atoms with Gasteiger partial charge >= 0.3 is 5.97 Å². The molecule has 0 aromatic carbocycles. The number of esters is 1. The van der Waals surface area contributed by atoms with E-state index in [2.05, 4.69) is 9.55 Å². The predicted molar refractivity (Wildman–Crippen MR) is 98.7 cm³/mol. The minimum absolute atomic E-state index is 0.291. The zero-order chi connectivity index (χ0) is 18.4. The molecule has 25 heavy (non-hydrogen) atoms. The van der Waals surface area contributed by atoms with E-state index < -0.39 is 0 Å². The summed E-state index contributed by atoms with van der Waals surface area (Å²) in [6.45, 7) is 8.91. The monoisotopic (exact) mass is 344 g/mol. The second-order valence-electron chi connectivity index (χ2n) is 6.15. The molecule has 0 aliphatic heterocycles. The van der Waals surface area contributed by atoms with Crippen molar-refractivity contribution in [2.45, 2.75) is 59.9 Å². The van der Waals surface area contributed by atoms with Gasteiger partial charge in [0.05, 0.1) is 12.2 Å². The Morgan fingerprint density at radius 2 is 2.00 bits per heavy atom. The summed E-state index contributed by atoms with van der Waals surface area (Å²) in [4.78, 5) is 28.2. The molecule has 2 aromatic heterocycles. The maximum atomic E-state index is 12.3. The molecular weight excluding hydrogens is 316 g/mol. The van der Waals surface area contributed by atoms with Crippen LogP contribution in [0.15, 0.2) is 18.3 Å². The summed E-state index contributed by atoms with van der Waals surface area (Å²) >= 11 is 0. The zero-order valence-corrected chi connectivity index (χ0v) is 15.7. The van der Waals surface area contributed by atoms with Gasteiger partial charge in [0, 0.05) is 36.7 Å². The fraction of sp³-hybridized carbons (Fsp3) is 0.550. The molecule has 1 saturated carbocycles.